The monoisotopic (exact) mass is 458 g/mol. The van der Waals surface area contributed by atoms with Gasteiger partial charge in [0.25, 0.3) is 5.91 Å². The summed E-state index contributed by atoms with van der Waals surface area (Å²) in [6.07, 6.45) is 1.45. The third kappa shape index (κ3) is 4.31. The Hall–Kier alpha value is -3.94. The number of amides is 1. The third-order valence-corrected chi connectivity index (χ3v) is 5.86. The van der Waals surface area contributed by atoms with E-state index in [2.05, 4.69) is 29.0 Å². The molecule has 174 valence electrons. The van der Waals surface area contributed by atoms with Crippen LogP contribution in [-0.4, -0.2) is 39.3 Å². The van der Waals surface area contributed by atoms with Crippen molar-refractivity contribution in [1.29, 1.82) is 0 Å². The molecule has 0 bridgehead atoms. The Morgan fingerprint density at radius 2 is 1.76 bits per heavy atom. The lowest BCUT2D eigenvalue weighted by Crippen LogP contribution is -2.31. The van der Waals surface area contributed by atoms with E-state index in [1.54, 1.807) is 43.3 Å². The van der Waals surface area contributed by atoms with Gasteiger partial charge < -0.3 is 4.74 Å². The standard InChI is InChI=1S/C26H26N4O4/c1-5-34-21-13-11-19(14-27-21)30-23(20-12-6-16(4)28-29-20)22(25(32)26(30)33)24(31)18-9-7-17(8-10-18)15(2)3/h6-15,22-23H,5H2,1-4H3/t22?,23-/m0/s1. The van der Waals surface area contributed by atoms with Gasteiger partial charge in [0, 0.05) is 11.6 Å². The molecule has 8 nitrogen and oxygen atoms in total. The number of hydrogen-bond donors (Lipinski definition) is 0. The smallest absolute Gasteiger partial charge is 0.295 e. The number of hydrogen-bond acceptors (Lipinski definition) is 7. The van der Waals surface area contributed by atoms with Crippen molar-refractivity contribution < 1.29 is 19.1 Å². The molecular formula is C26H26N4O4. The predicted octanol–water partition coefficient (Wildman–Crippen LogP) is 3.86. The van der Waals surface area contributed by atoms with Crippen LogP contribution in [0.15, 0.2) is 54.7 Å². The average molecular weight is 459 g/mol. The molecule has 2 atom stereocenters. The highest BCUT2D eigenvalue weighted by Crippen LogP contribution is 2.40. The largest absolute Gasteiger partial charge is 0.478 e. The molecule has 2 aromatic heterocycles. The number of aryl methyl sites for hydroxylation is 1. The van der Waals surface area contributed by atoms with Crippen LogP contribution < -0.4 is 9.64 Å². The Kier molecular flexibility index (Phi) is 6.49. The van der Waals surface area contributed by atoms with E-state index in [4.69, 9.17) is 4.74 Å². The number of aromatic nitrogens is 3. The molecule has 3 aromatic rings. The molecule has 0 N–H and O–H groups in total. The number of rotatable bonds is 7. The minimum absolute atomic E-state index is 0.303. The minimum Gasteiger partial charge on any atom is -0.478 e. The molecular weight excluding hydrogens is 432 g/mol. The second-order valence-corrected chi connectivity index (χ2v) is 8.49. The first-order chi connectivity index (χ1) is 16.3. The normalized spacial score (nSPS) is 18.0. The van der Waals surface area contributed by atoms with Crippen molar-refractivity contribution in [3.63, 3.8) is 0 Å². The number of ketones is 2. The SMILES string of the molecule is CCOc1ccc(N2C(=O)C(=O)C(C(=O)c3ccc(C(C)C)cc3)[C@@H]2c2ccc(C)nn2)cn1. The maximum absolute atomic E-state index is 13.6. The quantitative estimate of drug-likeness (QED) is 0.301. The van der Waals surface area contributed by atoms with E-state index < -0.39 is 29.4 Å². The van der Waals surface area contributed by atoms with Crippen molar-refractivity contribution in [2.24, 2.45) is 5.92 Å². The maximum Gasteiger partial charge on any atom is 0.295 e. The summed E-state index contributed by atoms with van der Waals surface area (Å²) in [5.74, 6) is -2.54. The van der Waals surface area contributed by atoms with Gasteiger partial charge in [-0.15, -0.1) is 0 Å². The fourth-order valence-corrected chi connectivity index (χ4v) is 4.04. The molecule has 1 unspecified atom stereocenters. The summed E-state index contributed by atoms with van der Waals surface area (Å²) in [5, 5.41) is 8.31. The van der Waals surface area contributed by atoms with Crippen molar-refractivity contribution in [3.05, 3.63) is 77.2 Å². The topological polar surface area (TPSA) is 102 Å². The number of carbonyl (C=O) groups excluding carboxylic acids is 3. The van der Waals surface area contributed by atoms with Crippen molar-refractivity contribution >= 4 is 23.2 Å². The first-order valence-electron chi connectivity index (χ1n) is 11.2. The maximum atomic E-state index is 13.6. The molecule has 1 aliphatic heterocycles. The zero-order chi connectivity index (χ0) is 24.4. The van der Waals surface area contributed by atoms with E-state index >= 15 is 0 Å². The molecule has 1 saturated heterocycles. The van der Waals surface area contributed by atoms with Crippen molar-refractivity contribution in [2.45, 2.75) is 39.7 Å². The summed E-state index contributed by atoms with van der Waals surface area (Å²) in [7, 11) is 0. The molecule has 1 amide bonds. The van der Waals surface area contributed by atoms with Crippen LogP contribution in [0.25, 0.3) is 0 Å². The lowest BCUT2D eigenvalue weighted by atomic mass is 9.87. The highest BCUT2D eigenvalue weighted by atomic mass is 16.5. The fraction of sp³-hybridized carbons (Fsp3) is 0.308. The summed E-state index contributed by atoms with van der Waals surface area (Å²) >= 11 is 0. The van der Waals surface area contributed by atoms with Crippen LogP contribution in [0.4, 0.5) is 5.69 Å². The highest BCUT2D eigenvalue weighted by molar-refractivity contribution is 6.48. The van der Waals surface area contributed by atoms with Gasteiger partial charge in [-0.2, -0.15) is 10.2 Å². The van der Waals surface area contributed by atoms with Crippen LogP contribution >= 0.6 is 0 Å². The van der Waals surface area contributed by atoms with Gasteiger partial charge in [-0.25, -0.2) is 4.98 Å². The van der Waals surface area contributed by atoms with Gasteiger partial charge >= 0.3 is 0 Å². The van der Waals surface area contributed by atoms with Gasteiger partial charge in [0.15, 0.2) is 5.78 Å². The zero-order valence-electron chi connectivity index (χ0n) is 19.6. The van der Waals surface area contributed by atoms with Crippen LogP contribution in [0.2, 0.25) is 0 Å². The molecule has 4 rings (SSSR count). The number of pyridine rings is 1. The summed E-state index contributed by atoms with van der Waals surface area (Å²) < 4.78 is 5.38. The predicted molar refractivity (Wildman–Crippen MR) is 126 cm³/mol. The van der Waals surface area contributed by atoms with Gasteiger partial charge in [0.05, 0.1) is 35.9 Å². The number of ether oxygens (including phenoxy) is 1. The van der Waals surface area contributed by atoms with Gasteiger partial charge in [-0.1, -0.05) is 38.1 Å². The number of carbonyl (C=O) groups is 3. The lowest BCUT2D eigenvalue weighted by Gasteiger charge is -2.26. The summed E-state index contributed by atoms with van der Waals surface area (Å²) in [6, 6.07) is 12.9. The Bertz CT molecular complexity index is 1210. The molecule has 0 aliphatic carbocycles. The van der Waals surface area contributed by atoms with E-state index in [1.165, 1.54) is 11.1 Å². The van der Waals surface area contributed by atoms with Crippen molar-refractivity contribution in [3.8, 4) is 5.88 Å². The van der Waals surface area contributed by atoms with E-state index in [0.29, 0.717) is 41.0 Å². The van der Waals surface area contributed by atoms with Crippen LogP contribution in [0.3, 0.4) is 0 Å². The molecule has 1 aliphatic rings. The van der Waals surface area contributed by atoms with Crippen LogP contribution in [0.1, 0.15) is 60.0 Å². The van der Waals surface area contributed by atoms with Gasteiger partial charge in [0.1, 0.15) is 5.92 Å². The lowest BCUT2D eigenvalue weighted by molar-refractivity contribution is -0.135. The Morgan fingerprint density at radius 1 is 1.03 bits per heavy atom. The van der Waals surface area contributed by atoms with E-state index in [9.17, 15) is 14.4 Å². The van der Waals surface area contributed by atoms with E-state index in [0.717, 1.165) is 5.56 Å². The first-order valence-corrected chi connectivity index (χ1v) is 11.2. The van der Waals surface area contributed by atoms with Gasteiger partial charge in [-0.05, 0) is 43.5 Å². The van der Waals surface area contributed by atoms with Crippen LogP contribution in [0, 0.1) is 12.8 Å². The van der Waals surface area contributed by atoms with E-state index in [-0.39, 0.29) is 0 Å². The Balaban J connectivity index is 1.78. The molecule has 0 radical (unpaired) electrons. The third-order valence-electron chi connectivity index (χ3n) is 5.86. The zero-order valence-corrected chi connectivity index (χ0v) is 19.6. The summed E-state index contributed by atoms with van der Waals surface area (Å²) in [5.41, 5.74) is 2.86. The fourth-order valence-electron chi connectivity index (χ4n) is 4.04. The number of Topliss-reactive ketones (excluding diaryl/α,β-unsaturated/α-hetero) is 2. The molecule has 34 heavy (non-hydrogen) atoms. The molecule has 1 aromatic carbocycles. The van der Waals surface area contributed by atoms with Gasteiger partial charge in [-0.3, -0.25) is 19.3 Å². The number of nitrogens with zero attached hydrogens (tertiary/aromatic N) is 4. The molecule has 8 heteroatoms. The molecule has 3 heterocycles. The van der Waals surface area contributed by atoms with Crippen molar-refractivity contribution in [2.75, 3.05) is 11.5 Å². The number of benzene rings is 1. The Labute approximate surface area is 198 Å². The van der Waals surface area contributed by atoms with E-state index in [1.807, 2.05) is 19.1 Å². The molecule has 1 fully saturated rings. The first kappa shape index (κ1) is 23.2. The molecule has 0 spiro atoms. The van der Waals surface area contributed by atoms with Crippen LogP contribution in [0.5, 0.6) is 5.88 Å². The average Bonchev–Trinajstić information content (AvgIpc) is 3.10. The summed E-state index contributed by atoms with van der Waals surface area (Å²) in [4.78, 5) is 45.4. The minimum atomic E-state index is -1.25. The van der Waals surface area contributed by atoms with Crippen LogP contribution in [-0.2, 0) is 9.59 Å². The van der Waals surface area contributed by atoms with Gasteiger partial charge in [0.2, 0.25) is 11.7 Å². The Morgan fingerprint density at radius 3 is 2.32 bits per heavy atom. The highest BCUT2D eigenvalue weighted by Gasteiger charge is 2.53. The second-order valence-electron chi connectivity index (χ2n) is 8.49. The second kappa shape index (κ2) is 9.51. The molecule has 0 saturated carbocycles. The van der Waals surface area contributed by atoms with Crippen molar-refractivity contribution in [1.82, 2.24) is 15.2 Å². The number of anilines is 1. The summed E-state index contributed by atoms with van der Waals surface area (Å²) in [6.45, 7) is 8.19.